The molecule has 2 heterocycles. The van der Waals surface area contributed by atoms with Crippen LogP contribution < -0.4 is 11.3 Å². The van der Waals surface area contributed by atoms with Gasteiger partial charge in [0.15, 0.2) is 5.76 Å². The van der Waals surface area contributed by atoms with Gasteiger partial charge in [0, 0.05) is 12.6 Å². The van der Waals surface area contributed by atoms with Crippen molar-refractivity contribution in [2.75, 3.05) is 7.05 Å². The van der Waals surface area contributed by atoms with Crippen LogP contribution in [0.2, 0.25) is 0 Å². The van der Waals surface area contributed by atoms with Gasteiger partial charge in [-0.3, -0.25) is 29.6 Å². The van der Waals surface area contributed by atoms with Gasteiger partial charge in [-0.25, -0.2) is 10.6 Å². The smallest absolute Gasteiger partial charge is 0.334 e. The van der Waals surface area contributed by atoms with E-state index in [1.807, 2.05) is 5.43 Å². The summed E-state index contributed by atoms with van der Waals surface area (Å²) in [7, 11) is 1.20. The quantitative estimate of drug-likeness (QED) is 0.233. The van der Waals surface area contributed by atoms with Crippen molar-refractivity contribution in [3.05, 3.63) is 23.7 Å². The van der Waals surface area contributed by atoms with Gasteiger partial charge in [-0.05, 0) is 6.07 Å². The van der Waals surface area contributed by atoms with E-state index < -0.39 is 23.8 Å². The molecule has 1 aromatic heterocycles. The summed E-state index contributed by atoms with van der Waals surface area (Å²) in [5, 5.41) is 0. The third-order valence-electron chi connectivity index (χ3n) is 2.66. The summed E-state index contributed by atoms with van der Waals surface area (Å²) in [4.78, 5) is 47.3. The van der Waals surface area contributed by atoms with Crippen molar-refractivity contribution in [1.82, 2.24) is 15.2 Å². The van der Waals surface area contributed by atoms with Gasteiger partial charge >= 0.3 is 23.8 Å². The molecule has 5 amide bonds. The molecule has 1 fully saturated rings. The lowest BCUT2D eigenvalue weighted by atomic mass is 10.2. The Labute approximate surface area is 106 Å². The Hall–Kier alpha value is -2.68. The highest BCUT2D eigenvalue weighted by Gasteiger charge is 2.42. The Bertz CT molecular complexity index is 578. The van der Waals surface area contributed by atoms with Crippen LogP contribution in [0.1, 0.15) is 16.1 Å². The number of nitrogens with two attached hydrogens (primary N) is 1. The minimum absolute atomic E-state index is 0.120. The molecule has 9 heteroatoms. The zero-order valence-electron chi connectivity index (χ0n) is 9.87. The molecule has 19 heavy (non-hydrogen) atoms. The number of nitrogens with one attached hydrogen (secondary N) is 1. The molecule has 1 aliphatic rings. The topological polar surface area (TPSA) is 126 Å². The first-order valence-corrected chi connectivity index (χ1v) is 5.18. The summed E-state index contributed by atoms with van der Waals surface area (Å²) < 4.78 is 4.91. The van der Waals surface area contributed by atoms with Gasteiger partial charge in [-0.15, -0.1) is 0 Å². The molecule has 0 atom stereocenters. The number of carbonyl (C=O) groups excluding carboxylic acids is 4. The molecule has 9 nitrogen and oxygen atoms in total. The van der Waals surface area contributed by atoms with Crippen molar-refractivity contribution in [3.8, 4) is 0 Å². The first-order valence-electron chi connectivity index (χ1n) is 5.18. The molecule has 0 aliphatic carbocycles. The lowest BCUT2D eigenvalue weighted by Gasteiger charge is -2.12. The SMILES string of the molecule is CN1C(=O)C(=O)N(Cc2ccoc2C(=O)NN)C1=O. The number of nitrogen functional groups attached to an aromatic ring is 1. The Morgan fingerprint density at radius 2 is 2.05 bits per heavy atom. The van der Waals surface area contributed by atoms with Crippen LogP contribution in [-0.2, 0) is 16.1 Å². The van der Waals surface area contributed by atoms with E-state index in [1.165, 1.54) is 19.4 Å². The summed E-state index contributed by atoms with van der Waals surface area (Å²) in [6.07, 6.45) is 1.22. The second-order valence-corrected chi connectivity index (χ2v) is 3.79. The molecule has 1 saturated heterocycles. The van der Waals surface area contributed by atoms with Crippen molar-refractivity contribution >= 4 is 23.8 Å². The van der Waals surface area contributed by atoms with Crippen LogP contribution in [0.3, 0.4) is 0 Å². The van der Waals surface area contributed by atoms with Gasteiger partial charge < -0.3 is 4.42 Å². The standard InChI is InChI=1S/C10H10N4O5/c1-13-8(16)9(17)14(10(13)18)4-5-2-3-19-6(5)7(15)12-11/h2-3H,4,11H2,1H3,(H,12,15). The van der Waals surface area contributed by atoms with Crippen molar-refractivity contribution < 1.29 is 23.6 Å². The highest BCUT2D eigenvalue weighted by molar-refractivity contribution is 6.44. The number of carbonyl (C=O) groups is 4. The molecule has 0 saturated carbocycles. The van der Waals surface area contributed by atoms with E-state index in [4.69, 9.17) is 10.3 Å². The van der Waals surface area contributed by atoms with E-state index in [9.17, 15) is 19.2 Å². The van der Waals surface area contributed by atoms with E-state index >= 15 is 0 Å². The molecule has 3 N–H and O–H groups in total. The van der Waals surface area contributed by atoms with Crippen LogP contribution in [0.5, 0.6) is 0 Å². The number of likely N-dealkylation sites (N-methyl/N-ethyl adjacent to an activating group) is 1. The number of amides is 5. The van der Waals surface area contributed by atoms with Gasteiger partial charge in [0.05, 0.1) is 12.8 Å². The second-order valence-electron chi connectivity index (χ2n) is 3.79. The van der Waals surface area contributed by atoms with Crippen molar-refractivity contribution in [3.63, 3.8) is 0 Å². The number of nitrogens with zero attached hydrogens (tertiary/aromatic N) is 2. The molecular weight excluding hydrogens is 256 g/mol. The minimum atomic E-state index is -0.951. The fourth-order valence-corrected chi connectivity index (χ4v) is 1.65. The molecular formula is C10H10N4O5. The number of hydrazine groups is 1. The monoisotopic (exact) mass is 266 g/mol. The van der Waals surface area contributed by atoms with Crippen LogP contribution in [0.15, 0.2) is 16.7 Å². The third kappa shape index (κ3) is 1.95. The summed E-state index contributed by atoms with van der Waals surface area (Å²) in [6, 6.07) is 0.656. The summed E-state index contributed by atoms with van der Waals surface area (Å²) in [5.41, 5.74) is 2.15. The Kier molecular flexibility index (Phi) is 3.05. The van der Waals surface area contributed by atoms with Gasteiger partial charge in [0.1, 0.15) is 0 Å². The van der Waals surface area contributed by atoms with Gasteiger partial charge in [0.25, 0.3) is 0 Å². The largest absolute Gasteiger partial charge is 0.459 e. The number of rotatable bonds is 3. The number of imide groups is 2. The van der Waals surface area contributed by atoms with Crippen molar-refractivity contribution in [2.45, 2.75) is 6.54 Å². The zero-order chi connectivity index (χ0) is 14.2. The summed E-state index contributed by atoms with van der Waals surface area (Å²) >= 11 is 0. The zero-order valence-corrected chi connectivity index (χ0v) is 9.87. The lowest BCUT2D eigenvalue weighted by molar-refractivity contribution is -0.143. The predicted molar refractivity (Wildman–Crippen MR) is 59.1 cm³/mol. The van der Waals surface area contributed by atoms with Crippen molar-refractivity contribution in [2.24, 2.45) is 5.84 Å². The molecule has 100 valence electrons. The van der Waals surface area contributed by atoms with Crippen LogP contribution >= 0.6 is 0 Å². The van der Waals surface area contributed by atoms with E-state index in [2.05, 4.69) is 0 Å². The van der Waals surface area contributed by atoms with Crippen LogP contribution in [0, 0.1) is 0 Å². The number of furan rings is 1. The van der Waals surface area contributed by atoms with E-state index in [1.54, 1.807) is 0 Å². The molecule has 0 spiro atoms. The van der Waals surface area contributed by atoms with Crippen LogP contribution in [-0.4, -0.2) is 40.6 Å². The molecule has 0 aromatic carbocycles. The normalized spacial score (nSPS) is 15.4. The third-order valence-corrected chi connectivity index (χ3v) is 2.66. The summed E-state index contributed by atoms with van der Waals surface area (Å²) in [6.45, 7) is -0.243. The number of hydrogen-bond donors (Lipinski definition) is 2. The van der Waals surface area contributed by atoms with Gasteiger partial charge in [-0.2, -0.15) is 0 Å². The number of hydrogen-bond acceptors (Lipinski definition) is 6. The van der Waals surface area contributed by atoms with Crippen molar-refractivity contribution in [1.29, 1.82) is 0 Å². The van der Waals surface area contributed by atoms with Gasteiger partial charge in [-0.1, -0.05) is 0 Å². The molecule has 1 aliphatic heterocycles. The van der Waals surface area contributed by atoms with Crippen LogP contribution in [0.25, 0.3) is 0 Å². The van der Waals surface area contributed by atoms with E-state index in [0.717, 1.165) is 4.90 Å². The summed E-state index contributed by atoms with van der Waals surface area (Å²) in [5.74, 6) is 2.28. The lowest BCUT2D eigenvalue weighted by Crippen LogP contribution is -2.33. The molecule has 1 aromatic rings. The maximum absolute atomic E-state index is 11.7. The van der Waals surface area contributed by atoms with Crippen LogP contribution in [0.4, 0.5) is 4.79 Å². The molecule has 2 rings (SSSR count). The number of urea groups is 1. The average molecular weight is 266 g/mol. The predicted octanol–water partition coefficient (Wildman–Crippen LogP) is -1.20. The second kappa shape index (κ2) is 4.53. The fraction of sp³-hybridized carbons (Fsp3) is 0.200. The maximum atomic E-state index is 11.7. The molecule has 0 radical (unpaired) electrons. The Morgan fingerprint density at radius 1 is 1.37 bits per heavy atom. The fourth-order valence-electron chi connectivity index (χ4n) is 1.65. The molecule has 0 bridgehead atoms. The maximum Gasteiger partial charge on any atom is 0.334 e. The first-order chi connectivity index (χ1) is 8.97. The Balaban J connectivity index is 2.25. The van der Waals surface area contributed by atoms with E-state index in [-0.39, 0.29) is 17.9 Å². The van der Waals surface area contributed by atoms with Gasteiger partial charge in [0.2, 0.25) is 0 Å². The van der Waals surface area contributed by atoms with E-state index in [0.29, 0.717) is 4.90 Å². The minimum Gasteiger partial charge on any atom is -0.459 e. The molecule has 0 unspecified atom stereocenters. The highest BCUT2D eigenvalue weighted by atomic mass is 16.3. The highest BCUT2D eigenvalue weighted by Crippen LogP contribution is 2.18. The first kappa shape index (κ1) is 12.8. The Morgan fingerprint density at radius 3 is 2.58 bits per heavy atom. The average Bonchev–Trinajstić information content (AvgIpc) is 2.94.